The Bertz CT molecular complexity index is 1520. The highest BCUT2D eigenvalue weighted by Crippen LogP contribution is 2.66. The molecular weight excluding hydrogens is 558 g/mol. The van der Waals surface area contributed by atoms with Gasteiger partial charge in [0.05, 0.1) is 17.5 Å². The molecule has 10 heteroatoms. The van der Waals surface area contributed by atoms with Crippen molar-refractivity contribution >= 4 is 52.5 Å². The summed E-state index contributed by atoms with van der Waals surface area (Å²) in [4.78, 5) is 53.8. The number of carbonyl (C=O) groups excluding carboxylic acids is 4. The second-order valence-corrected chi connectivity index (χ2v) is 13.3. The Hall–Kier alpha value is -3.23. The third-order valence-electron chi connectivity index (χ3n) is 8.77. The van der Waals surface area contributed by atoms with Gasteiger partial charge in [-0.25, -0.2) is 9.29 Å². The van der Waals surface area contributed by atoms with Crippen LogP contribution in [0.2, 0.25) is 0 Å². The molecule has 1 N–H and O–H groups in total. The van der Waals surface area contributed by atoms with Crippen molar-refractivity contribution in [2.75, 3.05) is 4.90 Å². The third-order valence-corrected chi connectivity index (χ3v) is 10.2. The van der Waals surface area contributed by atoms with E-state index in [0.717, 1.165) is 17.0 Å². The normalized spacial score (nSPS) is 33.6. The number of nitrogens with zero attached hydrogens (tertiary/aromatic N) is 2. The molecule has 208 valence electrons. The predicted octanol–water partition coefficient (Wildman–Crippen LogP) is 4.89. The minimum atomic E-state index is -2.03. The lowest BCUT2D eigenvalue weighted by molar-refractivity contribution is -0.145. The van der Waals surface area contributed by atoms with Gasteiger partial charge in [-0.05, 0) is 81.5 Å². The summed E-state index contributed by atoms with van der Waals surface area (Å²) < 4.78 is 13.7. The van der Waals surface area contributed by atoms with Crippen LogP contribution in [0, 0.1) is 23.6 Å². The molecule has 6 unspecified atom stereocenters. The number of amides is 4. The van der Waals surface area contributed by atoms with Crippen LogP contribution in [0.4, 0.5) is 10.1 Å². The number of imide groups is 2. The van der Waals surface area contributed by atoms with Crippen LogP contribution in [-0.2, 0) is 19.2 Å². The first kappa shape index (κ1) is 27.0. The van der Waals surface area contributed by atoms with E-state index >= 15 is 0 Å². The SMILES string of the molecule is CC(C)(C)N1C(=O)C2CC=C3C(CC4(Cl)C(=O)N(c5ccc(F)cc5)C(=O)C4(Cl)C3c3cccc(O)c3)C2C1=O. The van der Waals surface area contributed by atoms with E-state index in [1.807, 2.05) is 6.08 Å². The number of anilines is 1. The molecule has 1 saturated carbocycles. The summed E-state index contributed by atoms with van der Waals surface area (Å²) >= 11 is 14.5. The fourth-order valence-corrected chi connectivity index (χ4v) is 8.07. The summed E-state index contributed by atoms with van der Waals surface area (Å²) in [5, 5.41) is 10.4. The van der Waals surface area contributed by atoms with Crippen molar-refractivity contribution in [3.05, 3.63) is 71.6 Å². The number of phenols is 1. The molecule has 0 bridgehead atoms. The van der Waals surface area contributed by atoms with Crippen LogP contribution in [0.25, 0.3) is 0 Å². The number of allylic oxidation sites excluding steroid dienone is 2. The molecule has 0 spiro atoms. The van der Waals surface area contributed by atoms with Gasteiger partial charge < -0.3 is 5.11 Å². The van der Waals surface area contributed by atoms with Crippen LogP contribution >= 0.6 is 23.2 Å². The fraction of sp³-hybridized carbons (Fsp3) is 0.400. The van der Waals surface area contributed by atoms with Crippen molar-refractivity contribution < 1.29 is 28.7 Å². The van der Waals surface area contributed by atoms with Crippen molar-refractivity contribution in [3.63, 3.8) is 0 Å². The van der Waals surface area contributed by atoms with Gasteiger partial charge in [0.2, 0.25) is 11.8 Å². The topological polar surface area (TPSA) is 95.0 Å². The van der Waals surface area contributed by atoms with E-state index in [0.29, 0.717) is 11.1 Å². The number of phenolic OH excluding ortho intramolecular Hbond substituents is 1. The number of aromatic hydroxyl groups is 1. The number of likely N-dealkylation sites (tertiary alicyclic amines) is 1. The Morgan fingerprint density at radius 1 is 0.950 bits per heavy atom. The molecule has 40 heavy (non-hydrogen) atoms. The number of benzene rings is 2. The number of fused-ring (bicyclic) bond motifs is 4. The lowest BCUT2D eigenvalue weighted by Crippen LogP contribution is -2.60. The first-order chi connectivity index (χ1) is 18.7. The number of rotatable bonds is 2. The van der Waals surface area contributed by atoms with Gasteiger partial charge in [-0.1, -0.05) is 23.8 Å². The first-order valence-electron chi connectivity index (χ1n) is 13.1. The molecule has 0 radical (unpaired) electrons. The number of carbonyl (C=O) groups is 4. The lowest BCUT2D eigenvalue weighted by atomic mass is 9.56. The summed E-state index contributed by atoms with van der Waals surface area (Å²) in [5.41, 5.74) is 0.442. The van der Waals surface area contributed by atoms with Crippen LogP contribution in [0.1, 0.15) is 45.1 Å². The van der Waals surface area contributed by atoms with Crippen LogP contribution in [0.3, 0.4) is 0 Å². The summed E-state index contributed by atoms with van der Waals surface area (Å²) in [5.74, 6) is -5.88. The molecule has 2 aromatic carbocycles. The predicted molar refractivity (Wildman–Crippen MR) is 146 cm³/mol. The van der Waals surface area contributed by atoms with Crippen LogP contribution in [0.5, 0.6) is 5.75 Å². The fourth-order valence-electron chi connectivity index (χ4n) is 7.14. The summed E-state index contributed by atoms with van der Waals surface area (Å²) in [7, 11) is 0. The molecule has 2 heterocycles. The van der Waals surface area contributed by atoms with Crippen molar-refractivity contribution in [2.45, 2.75) is 54.8 Å². The molecule has 6 atom stereocenters. The number of alkyl halides is 2. The molecular formula is C30H27Cl2FN2O5. The molecule has 2 aliphatic heterocycles. The highest BCUT2D eigenvalue weighted by molar-refractivity contribution is 6.58. The smallest absolute Gasteiger partial charge is 0.258 e. The Balaban J connectivity index is 1.55. The molecule has 3 fully saturated rings. The average molecular weight is 585 g/mol. The lowest BCUT2D eigenvalue weighted by Gasteiger charge is -2.50. The maximum absolute atomic E-state index is 14.2. The van der Waals surface area contributed by atoms with Crippen LogP contribution in [-0.4, -0.2) is 48.9 Å². The van der Waals surface area contributed by atoms with Gasteiger partial charge in [-0.2, -0.15) is 0 Å². The Morgan fingerprint density at radius 2 is 1.62 bits per heavy atom. The van der Waals surface area contributed by atoms with Gasteiger partial charge in [0, 0.05) is 11.5 Å². The van der Waals surface area contributed by atoms with E-state index in [1.165, 1.54) is 29.2 Å². The van der Waals surface area contributed by atoms with Gasteiger partial charge >= 0.3 is 0 Å². The minimum Gasteiger partial charge on any atom is -0.508 e. The highest BCUT2D eigenvalue weighted by Gasteiger charge is 2.76. The third kappa shape index (κ3) is 3.41. The van der Waals surface area contributed by atoms with E-state index < -0.39 is 56.6 Å². The number of halogens is 3. The largest absolute Gasteiger partial charge is 0.508 e. The highest BCUT2D eigenvalue weighted by atomic mass is 35.5. The van der Waals surface area contributed by atoms with E-state index in [1.54, 1.807) is 32.9 Å². The zero-order chi connectivity index (χ0) is 28.9. The zero-order valence-corrected chi connectivity index (χ0v) is 23.5. The Morgan fingerprint density at radius 3 is 2.25 bits per heavy atom. The van der Waals surface area contributed by atoms with E-state index in [9.17, 15) is 28.7 Å². The molecule has 7 nitrogen and oxygen atoms in total. The van der Waals surface area contributed by atoms with Gasteiger partial charge in [0.15, 0.2) is 9.75 Å². The second-order valence-electron chi connectivity index (χ2n) is 12.0. The standard InChI is InChI=1S/C30H27Cl2FN2O5/c1-28(2,3)35-24(37)20-12-11-19-21(22(20)25(35)38)14-29(31)26(39)34(17-9-7-16(33)8-10-17)27(40)30(29,32)23(19)15-5-4-6-18(36)13-15/h4-11,13,20-23,36H,12,14H2,1-3H3. The molecule has 6 rings (SSSR count). The summed E-state index contributed by atoms with van der Waals surface area (Å²) in [6.07, 6.45) is 1.95. The van der Waals surface area contributed by atoms with Crippen LogP contribution < -0.4 is 4.90 Å². The number of hydrogen-bond acceptors (Lipinski definition) is 5. The van der Waals surface area contributed by atoms with E-state index in [4.69, 9.17) is 23.2 Å². The molecule has 2 aromatic rings. The van der Waals surface area contributed by atoms with Crippen molar-refractivity contribution in [1.29, 1.82) is 0 Å². The first-order valence-corrected chi connectivity index (χ1v) is 13.9. The zero-order valence-electron chi connectivity index (χ0n) is 22.0. The summed E-state index contributed by atoms with van der Waals surface area (Å²) in [6.45, 7) is 5.37. The van der Waals surface area contributed by atoms with E-state index in [-0.39, 0.29) is 36.1 Å². The molecule has 2 aliphatic carbocycles. The molecule has 2 saturated heterocycles. The number of hydrogen-bond donors (Lipinski definition) is 1. The van der Waals surface area contributed by atoms with Gasteiger partial charge in [0.1, 0.15) is 11.6 Å². The van der Waals surface area contributed by atoms with Crippen molar-refractivity contribution in [2.24, 2.45) is 17.8 Å². The minimum absolute atomic E-state index is 0.0764. The summed E-state index contributed by atoms with van der Waals surface area (Å²) in [6, 6.07) is 11.1. The van der Waals surface area contributed by atoms with Gasteiger partial charge in [-0.15, -0.1) is 23.2 Å². The van der Waals surface area contributed by atoms with Gasteiger partial charge in [-0.3, -0.25) is 24.1 Å². The quantitative estimate of drug-likeness (QED) is 0.308. The molecule has 4 aliphatic rings. The van der Waals surface area contributed by atoms with Gasteiger partial charge in [0.25, 0.3) is 11.8 Å². The van der Waals surface area contributed by atoms with E-state index in [2.05, 4.69) is 0 Å². The maximum Gasteiger partial charge on any atom is 0.258 e. The average Bonchev–Trinajstić information content (AvgIpc) is 3.23. The van der Waals surface area contributed by atoms with Crippen LogP contribution in [0.15, 0.2) is 60.2 Å². The van der Waals surface area contributed by atoms with Crippen molar-refractivity contribution in [1.82, 2.24) is 4.90 Å². The molecule has 4 amide bonds. The Labute approximate surface area is 240 Å². The maximum atomic E-state index is 14.2. The second kappa shape index (κ2) is 8.63. The molecule has 0 aromatic heterocycles. The monoisotopic (exact) mass is 584 g/mol. The Kier molecular flexibility index (Phi) is 5.82. The van der Waals surface area contributed by atoms with Crippen molar-refractivity contribution in [3.8, 4) is 5.75 Å².